The van der Waals surface area contributed by atoms with Gasteiger partial charge in [0.05, 0.1) is 13.2 Å². The van der Waals surface area contributed by atoms with Gasteiger partial charge in [-0.3, -0.25) is 4.79 Å². The highest BCUT2D eigenvalue weighted by molar-refractivity contribution is 5.76. The van der Waals surface area contributed by atoms with Crippen LogP contribution in [0.5, 0.6) is 11.5 Å². The van der Waals surface area contributed by atoms with E-state index in [2.05, 4.69) is 0 Å². The van der Waals surface area contributed by atoms with Crippen molar-refractivity contribution in [2.75, 3.05) is 19.8 Å². The third-order valence-electron chi connectivity index (χ3n) is 2.21. The van der Waals surface area contributed by atoms with Crippen LogP contribution in [0.3, 0.4) is 0 Å². The topological polar surface area (TPSA) is 55.8 Å². The second-order valence-electron chi connectivity index (χ2n) is 3.54. The fourth-order valence-electron chi connectivity index (χ4n) is 1.38. The number of carbonyl (C=O) groups excluding carboxylic acids is 1. The average molecular weight is 238 g/mol. The zero-order valence-electron chi connectivity index (χ0n) is 10.0. The Balaban J connectivity index is 2.65. The van der Waals surface area contributed by atoms with Crippen molar-refractivity contribution in [1.82, 2.24) is 0 Å². The van der Waals surface area contributed by atoms with Crippen molar-refractivity contribution >= 4 is 6.29 Å². The molecule has 0 unspecified atom stereocenters. The molecule has 0 aliphatic rings. The van der Waals surface area contributed by atoms with Crippen molar-refractivity contribution in [2.24, 2.45) is 0 Å². The van der Waals surface area contributed by atoms with Crippen LogP contribution in [0.2, 0.25) is 0 Å². The summed E-state index contributed by atoms with van der Waals surface area (Å²) in [5, 5.41) is 8.65. The molecule has 0 fully saturated rings. The van der Waals surface area contributed by atoms with Crippen LogP contribution >= 0.6 is 0 Å². The van der Waals surface area contributed by atoms with Crippen LogP contribution in [0.15, 0.2) is 18.2 Å². The van der Waals surface area contributed by atoms with Gasteiger partial charge in [0, 0.05) is 12.2 Å². The van der Waals surface area contributed by atoms with E-state index in [1.165, 1.54) is 0 Å². The van der Waals surface area contributed by atoms with Crippen molar-refractivity contribution in [3.05, 3.63) is 23.8 Å². The Morgan fingerprint density at radius 3 is 2.71 bits per heavy atom. The summed E-state index contributed by atoms with van der Waals surface area (Å²) in [6.07, 6.45) is 2.28. The van der Waals surface area contributed by atoms with Crippen LogP contribution in [0, 0.1) is 0 Å². The van der Waals surface area contributed by atoms with Gasteiger partial charge in [-0.25, -0.2) is 0 Å². The first-order valence-electron chi connectivity index (χ1n) is 5.77. The van der Waals surface area contributed by atoms with Gasteiger partial charge < -0.3 is 14.6 Å². The van der Waals surface area contributed by atoms with Gasteiger partial charge in [-0.2, -0.15) is 0 Å². The van der Waals surface area contributed by atoms with Crippen molar-refractivity contribution in [1.29, 1.82) is 0 Å². The van der Waals surface area contributed by atoms with E-state index in [4.69, 9.17) is 14.6 Å². The van der Waals surface area contributed by atoms with Crippen LogP contribution in [-0.2, 0) is 0 Å². The van der Waals surface area contributed by atoms with Gasteiger partial charge in [-0.05, 0) is 38.0 Å². The lowest BCUT2D eigenvalue weighted by molar-refractivity contribution is 0.112. The normalized spacial score (nSPS) is 10.0. The maximum atomic E-state index is 10.6. The second kappa shape index (κ2) is 7.68. The number of aldehydes is 1. The summed E-state index contributed by atoms with van der Waals surface area (Å²) in [4.78, 5) is 10.6. The van der Waals surface area contributed by atoms with Gasteiger partial charge in [0.25, 0.3) is 0 Å². The fraction of sp³-hybridized carbons (Fsp3) is 0.462. The number of rotatable bonds is 8. The predicted molar refractivity (Wildman–Crippen MR) is 64.8 cm³/mol. The van der Waals surface area contributed by atoms with E-state index in [1.54, 1.807) is 18.2 Å². The Kier molecular flexibility index (Phi) is 6.10. The Labute approximate surface area is 101 Å². The summed E-state index contributed by atoms with van der Waals surface area (Å²) in [5.41, 5.74) is 0.566. The van der Waals surface area contributed by atoms with Crippen molar-refractivity contribution < 1.29 is 19.4 Å². The maximum Gasteiger partial charge on any atom is 0.161 e. The smallest absolute Gasteiger partial charge is 0.161 e. The maximum absolute atomic E-state index is 10.6. The van der Waals surface area contributed by atoms with E-state index in [0.29, 0.717) is 30.3 Å². The molecule has 4 heteroatoms. The molecule has 0 aromatic heterocycles. The largest absolute Gasteiger partial charge is 0.490 e. The molecule has 1 N–H and O–H groups in total. The highest BCUT2D eigenvalue weighted by Gasteiger charge is 2.05. The number of hydrogen-bond donors (Lipinski definition) is 1. The summed E-state index contributed by atoms with van der Waals surface area (Å²) in [5.74, 6) is 1.22. The number of hydrogen-bond acceptors (Lipinski definition) is 4. The molecule has 0 aliphatic heterocycles. The number of unbranched alkanes of at least 4 members (excludes halogenated alkanes) is 1. The molecule has 0 heterocycles. The first-order valence-corrected chi connectivity index (χ1v) is 5.77. The van der Waals surface area contributed by atoms with Crippen LogP contribution in [-0.4, -0.2) is 31.2 Å². The molecule has 0 saturated heterocycles. The molecule has 0 saturated carbocycles. The van der Waals surface area contributed by atoms with E-state index in [1.807, 2.05) is 6.92 Å². The van der Waals surface area contributed by atoms with Gasteiger partial charge in [0.15, 0.2) is 11.5 Å². The predicted octanol–water partition coefficient (Wildman–Crippen LogP) is 2.05. The Hall–Kier alpha value is -1.55. The van der Waals surface area contributed by atoms with Gasteiger partial charge >= 0.3 is 0 Å². The van der Waals surface area contributed by atoms with Gasteiger partial charge in [0.1, 0.15) is 6.29 Å². The second-order valence-corrected chi connectivity index (χ2v) is 3.54. The molecule has 1 aromatic carbocycles. The molecular weight excluding hydrogens is 220 g/mol. The molecule has 0 spiro atoms. The molecule has 4 nitrogen and oxygen atoms in total. The number of aliphatic hydroxyl groups excluding tert-OH is 1. The highest BCUT2D eigenvalue weighted by Crippen LogP contribution is 2.28. The van der Waals surface area contributed by atoms with Gasteiger partial charge in [0.2, 0.25) is 0 Å². The Morgan fingerprint density at radius 2 is 2.06 bits per heavy atom. The monoisotopic (exact) mass is 238 g/mol. The van der Waals surface area contributed by atoms with Crippen LogP contribution in [0.25, 0.3) is 0 Å². The molecule has 17 heavy (non-hydrogen) atoms. The molecule has 0 atom stereocenters. The Morgan fingerprint density at radius 1 is 1.24 bits per heavy atom. The minimum atomic E-state index is 0.172. The standard InChI is InChI=1S/C13H18O4/c1-2-16-13-9-11(10-15)5-6-12(13)17-8-4-3-7-14/h5-6,9-10,14H,2-4,7-8H2,1H3. The van der Waals surface area contributed by atoms with Crippen LogP contribution in [0.1, 0.15) is 30.1 Å². The quantitative estimate of drug-likeness (QED) is 0.556. The van der Waals surface area contributed by atoms with E-state index in [0.717, 1.165) is 19.1 Å². The lowest BCUT2D eigenvalue weighted by Crippen LogP contribution is -2.02. The highest BCUT2D eigenvalue weighted by atomic mass is 16.5. The Bertz CT molecular complexity index is 349. The zero-order chi connectivity index (χ0) is 12.5. The summed E-state index contributed by atoms with van der Waals surface area (Å²) < 4.78 is 10.9. The number of aliphatic hydroxyl groups is 1. The molecule has 0 radical (unpaired) electrons. The summed E-state index contributed by atoms with van der Waals surface area (Å²) >= 11 is 0. The van der Waals surface area contributed by atoms with Crippen molar-refractivity contribution in [3.8, 4) is 11.5 Å². The van der Waals surface area contributed by atoms with Crippen molar-refractivity contribution in [3.63, 3.8) is 0 Å². The SMILES string of the molecule is CCOc1cc(C=O)ccc1OCCCCO. The minimum absolute atomic E-state index is 0.172. The van der Waals surface area contributed by atoms with E-state index < -0.39 is 0 Å². The number of ether oxygens (including phenoxy) is 2. The molecule has 94 valence electrons. The van der Waals surface area contributed by atoms with Gasteiger partial charge in [-0.15, -0.1) is 0 Å². The molecule has 0 aliphatic carbocycles. The molecular formula is C13H18O4. The minimum Gasteiger partial charge on any atom is -0.490 e. The van der Waals surface area contributed by atoms with Crippen LogP contribution in [0.4, 0.5) is 0 Å². The molecule has 0 amide bonds. The lowest BCUT2D eigenvalue weighted by atomic mass is 10.2. The summed E-state index contributed by atoms with van der Waals surface area (Å²) in [6.45, 7) is 3.10. The summed E-state index contributed by atoms with van der Waals surface area (Å²) in [6, 6.07) is 5.09. The summed E-state index contributed by atoms with van der Waals surface area (Å²) in [7, 11) is 0. The molecule has 0 bridgehead atoms. The third-order valence-corrected chi connectivity index (χ3v) is 2.21. The zero-order valence-corrected chi connectivity index (χ0v) is 10.0. The van der Waals surface area contributed by atoms with Crippen molar-refractivity contribution in [2.45, 2.75) is 19.8 Å². The van der Waals surface area contributed by atoms with E-state index in [9.17, 15) is 4.79 Å². The number of benzene rings is 1. The van der Waals surface area contributed by atoms with E-state index in [-0.39, 0.29) is 6.61 Å². The fourth-order valence-corrected chi connectivity index (χ4v) is 1.38. The van der Waals surface area contributed by atoms with Crippen LogP contribution < -0.4 is 9.47 Å². The average Bonchev–Trinajstić information content (AvgIpc) is 2.36. The van der Waals surface area contributed by atoms with E-state index >= 15 is 0 Å². The lowest BCUT2D eigenvalue weighted by Gasteiger charge is -2.12. The first kappa shape index (κ1) is 13.5. The molecule has 1 aromatic rings. The molecule has 1 rings (SSSR count). The first-order chi connectivity index (χ1) is 8.31. The number of carbonyl (C=O) groups is 1. The third kappa shape index (κ3) is 4.44. The van der Waals surface area contributed by atoms with Gasteiger partial charge in [-0.1, -0.05) is 0 Å².